The second kappa shape index (κ2) is 13.1. The molecule has 0 saturated heterocycles. The van der Waals surface area contributed by atoms with Gasteiger partial charge >= 0.3 is 6.36 Å². The van der Waals surface area contributed by atoms with Gasteiger partial charge in [-0.25, -0.2) is 17.9 Å². The lowest BCUT2D eigenvalue weighted by atomic mass is 10.2. The predicted octanol–water partition coefficient (Wildman–Crippen LogP) is 2.73. The molecule has 0 aliphatic rings. The van der Waals surface area contributed by atoms with Gasteiger partial charge in [-0.15, -0.1) is 23.4 Å². The van der Waals surface area contributed by atoms with Gasteiger partial charge in [-0.2, -0.15) is 0 Å². The maximum absolute atomic E-state index is 14.5. The van der Waals surface area contributed by atoms with Crippen LogP contribution in [0.2, 0.25) is 0 Å². The molecular weight excluding hydrogens is 576 g/mol. The Bertz CT molecular complexity index is 1540. The molecule has 0 aliphatic heterocycles. The van der Waals surface area contributed by atoms with Crippen molar-refractivity contribution in [2.24, 2.45) is 0 Å². The number of pyridine rings is 1. The Morgan fingerprint density at radius 1 is 0.929 bits per heavy atom. The highest BCUT2D eigenvalue weighted by Gasteiger charge is 2.31. The highest BCUT2D eigenvalue weighted by atomic mass is 19.4. The third-order valence-corrected chi connectivity index (χ3v) is 5.54. The summed E-state index contributed by atoms with van der Waals surface area (Å²) < 4.78 is 85.3. The molecule has 222 valence electrons. The predicted molar refractivity (Wildman–Crippen MR) is 129 cm³/mol. The van der Waals surface area contributed by atoms with Crippen LogP contribution in [0.5, 0.6) is 5.75 Å². The van der Waals surface area contributed by atoms with Gasteiger partial charge in [0.1, 0.15) is 23.6 Å². The molecule has 1 atom stereocenters. The molecular formula is C24H21F6N9O3. The molecule has 2 N–H and O–H groups in total. The smallest absolute Gasteiger partial charge is 0.406 e. The lowest BCUT2D eigenvalue weighted by Gasteiger charge is -2.11. The van der Waals surface area contributed by atoms with E-state index in [-0.39, 0.29) is 48.7 Å². The Balaban J connectivity index is 1.22. The van der Waals surface area contributed by atoms with Crippen molar-refractivity contribution in [3.8, 4) is 5.75 Å². The summed E-state index contributed by atoms with van der Waals surface area (Å²) in [6, 6.07) is 4.98. The molecule has 0 bridgehead atoms. The molecule has 12 nitrogen and oxygen atoms in total. The van der Waals surface area contributed by atoms with Gasteiger partial charge in [0.05, 0.1) is 31.2 Å². The van der Waals surface area contributed by atoms with E-state index in [4.69, 9.17) is 0 Å². The van der Waals surface area contributed by atoms with Gasteiger partial charge in [-0.05, 0) is 30.3 Å². The molecule has 0 fully saturated rings. The summed E-state index contributed by atoms with van der Waals surface area (Å²) in [5, 5.41) is 19.5. The number of nitrogens with one attached hydrogen (secondary N) is 2. The summed E-state index contributed by atoms with van der Waals surface area (Å²) in [5.74, 6) is -3.54. The van der Waals surface area contributed by atoms with E-state index in [9.17, 15) is 35.9 Å². The Hall–Kier alpha value is -5.03. The number of rotatable bonds is 12. The fraction of sp³-hybridized carbons (Fsp3) is 0.292. The van der Waals surface area contributed by atoms with E-state index in [1.165, 1.54) is 35.4 Å². The molecule has 18 heteroatoms. The van der Waals surface area contributed by atoms with Crippen LogP contribution in [0.15, 0.2) is 48.9 Å². The zero-order valence-electron chi connectivity index (χ0n) is 21.4. The topological polar surface area (TPSA) is 142 Å². The summed E-state index contributed by atoms with van der Waals surface area (Å²) in [7, 11) is 0. The van der Waals surface area contributed by atoms with E-state index in [2.05, 4.69) is 41.0 Å². The van der Waals surface area contributed by atoms with Crippen molar-refractivity contribution in [1.29, 1.82) is 0 Å². The molecule has 0 spiro atoms. The maximum atomic E-state index is 14.5. The minimum Gasteiger partial charge on any atom is -0.406 e. The number of hydrogen-bond donors (Lipinski definition) is 2. The fourth-order valence-electron chi connectivity index (χ4n) is 3.52. The zero-order valence-corrected chi connectivity index (χ0v) is 21.4. The summed E-state index contributed by atoms with van der Waals surface area (Å²) in [5.41, 5.74) is -0.515. The van der Waals surface area contributed by atoms with Crippen LogP contribution in [0, 0.1) is 11.6 Å². The van der Waals surface area contributed by atoms with E-state index >= 15 is 0 Å². The van der Waals surface area contributed by atoms with Gasteiger partial charge in [0, 0.05) is 31.3 Å². The second-order valence-electron chi connectivity index (χ2n) is 8.68. The molecule has 0 radical (unpaired) electrons. The fourth-order valence-corrected chi connectivity index (χ4v) is 3.52. The first-order valence-corrected chi connectivity index (χ1v) is 12.1. The minimum absolute atomic E-state index is 0.00455. The lowest BCUT2D eigenvalue weighted by Crippen LogP contribution is -2.24. The Labute approximate surface area is 232 Å². The van der Waals surface area contributed by atoms with Crippen LogP contribution in [0.3, 0.4) is 0 Å². The van der Waals surface area contributed by atoms with E-state index < -0.39 is 48.3 Å². The summed E-state index contributed by atoms with van der Waals surface area (Å²) in [6.45, 7) is -0.884. The summed E-state index contributed by atoms with van der Waals surface area (Å²) in [4.78, 5) is 28.4. The van der Waals surface area contributed by atoms with Crippen molar-refractivity contribution in [1.82, 2.24) is 45.6 Å². The molecule has 0 saturated carbocycles. The van der Waals surface area contributed by atoms with E-state index in [1.807, 2.05) is 0 Å². The average Bonchev–Trinajstić information content (AvgIpc) is 3.61. The van der Waals surface area contributed by atoms with Crippen LogP contribution < -0.4 is 15.4 Å². The summed E-state index contributed by atoms with van der Waals surface area (Å²) in [6.07, 6.45) is -2.69. The SMILES string of the molecule is O=C(NCc1cc(OC(F)(F)F)ccc1F)c1cn(CCC(F)Cn2cc(C(=O)NCc3ncccc3F)nn2)nn1. The van der Waals surface area contributed by atoms with Gasteiger partial charge in [0.2, 0.25) is 0 Å². The Kier molecular flexibility index (Phi) is 9.33. The van der Waals surface area contributed by atoms with Crippen molar-refractivity contribution < 1.29 is 40.7 Å². The number of carbonyl (C=O) groups excluding carboxylic acids is 2. The second-order valence-corrected chi connectivity index (χ2v) is 8.68. The number of aryl methyl sites for hydroxylation is 1. The van der Waals surface area contributed by atoms with Crippen molar-refractivity contribution >= 4 is 11.8 Å². The molecule has 4 aromatic rings. The third kappa shape index (κ3) is 8.48. The van der Waals surface area contributed by atoms with Crippen LogP contribution in [-0.2, 0) is 26.2 Å². The number of amides is 2. The van der Waals surface area contributed by atoms with Gasteiger partial charge in [-0.3, -0.25) is 19.3 Å². The van der Waals surface area contributed by atoms with Crippen molar-refractivity contribution in [2.45, 2.75) is 45.1 Å². The van der Waals surface area contributed by atoms with Crippen LogP contribution in [-0.4, -0.2) is 59.3 Å². The van der Waals surface area contributed by atoms with Gasteiger partial charge < -0.3 is 15.4 Å². The number of benzene rings is 1. The highest BCUT2D eigenvalue weighted by molar-refractivity contribution is 5.92. The van der Waals surface area contributed by atoms with Crippen LogP contribution in [0.25, 0.3) is 0 Å². The monoisotopic (exact) mass is 597 g/mol. The van der Waals surface area contributed by atoms with Crippen molar-refractivity contribution in [2.75, 3.05) is 0 Å². The molecule has 1 unspecified atom stereocenters. The van der Waals surface area contributed by atoms with Crippen LogP contribution in [0.1, 0.15) is 38.7 Å². The quantitative estimate of drug-likeness (QED) is 0.238. The van der Waals surface area contributed by atoms with Crippen LogP contribution >= 0.6 is 0 Å². The molecule has 2 amide bonds. The van der Waals surface area contributed by atoms with E-state index in [1.54, 1.807) is 0 Å². The van der Waals surface area contributed by atoms with Crippen molar-refractivity contribution in [3.05, 3.63) is 83.2 Å². The zero-order chi connectivity index (χ0) is 30.3. The summed E-state index contributed by atoms with van der Waals surface area (Å²) >= 11 is 0. The molecule has 4 rings (SSSR count). The molecule has 1 aromatic carbocycles. The number of carbonyl (C=O) groups is 2. The number of hydrogen-bond acceptors (Lipinski definition) is 8. The Morgan fingerprint density at radius 2 is 1.60 bits per heavy atom. The number of nitrogens with zero attached hydrogens (tertiary/aromatic N) is 7. The lowest BCUT2D eigenvalue weighted by molar-refractivity contribution is -0.274. The first-order chi connectivity index (χ1) is 20.0. The average molecular weight is 597 g/mol. The molecule has 3 aromatic heterocycles. The number of aromatic nitrogens is 7. The minimum atomic E-state index is -4.96. The largest absolute Gasteiger partial charge is 0.573 e. The Morgan fingerprint density at radius 3 is 2.29 bits per heavy atom. The number of halogens is 6. The maximum Gasteiger partial charge on any atom is 0.573 e. The van der Waals surface area contributed by atoms with Crippen molar-refractivity contribution in [3.63, 3.8) is 0 Å². The van der Waals surface area contributed by atoms with E-state index in [0.717, 1.165) is 22.9 Å². The molecule has 42 heavy (non-hydrogen) atoms. The third-order valence-electron chi connectivity index (χ3n) is 5.54. The van der Waals surface area contributed by atoms with Gasteiger partial charge in [0.15, 0.2) is 11.4 Å². The van der Waals surface area contributed by atoms with Crippen LogP contribution in [0.4, 0.5) is 26.3 Å². The molecule has 0 aliphatic carbocycles. The van der Waals surface area contributed by atoms with Gasteiger partial charge in [0.25, 0.3) is 11.8 Å². The number of alkyl halides is 4. The standard InChI is InChI=1S/C24H21F6N9O3/c25-15(11-39-13-21(35-37-39)23(41)33-10-19-18(27)2-1-6-31-19)5-7-38-12-20(34-36-38)22(40)32-9-14-8-16(3-4-17(14)26)42-24(28,29)30/h1-4,6,8,12-13,15H,5,7,9-11H2,(H,32,40)(H,33,41). The van der Waals surface area contributed by atoms with E-state index in [0.29, 0.717) is 0 Å². The number of ether oxygens (including phenoxy) is 1. The first-order valence-electron chi connectivity index (χ1n) is 12.1. The highest BCUT2D eigenvalue weighted by Crippen LogP contribution is 2.24. The first kappa shape index (κ1) is 29.9. The molecule has 3 heterocycles. The normalized spacial score (nSPS) is 12.1. The van der Waals surface area contributed by atoms with Gasteiger partial charge in [-0.1, -0.05) is 10.4 Å².